The second kappa shape index (κ2) is 7.04. The molecule has 1 aromatic carbocycles. The Labute approximate surface area is 116 Å². The lowest BCUT2D eigenvalue weighted by Gasteiger charge is -2.30. The zero-order chi connectivity index (χ0) is 13.6. The summed E-state index contributed by atoms with van der Waals surface area (Å²) >= 11 is 0. The van der Waals surface area contributed by atoms with Crippen LogP contribution in [0, 0.1) is 5.41 Å². The number of nitrogens with zero attached hydrogens (tertiary/aromatic N) is 1. The van der Waals surface area contributed by atoms with E-state index in [2.05, 4.69) is 35.2 Å². The number of hydrogen-bond donors (Lipinski definition) is 1. The molecule has 0 aliphatic carbocycles. The first-order valence-corrected chi connectivity index (χ1v) is 7.23. The zero-order valence-electron chi connectivity index (χ0n) is 12.0. The molecule has 1 aromatic rings. The van der Waals surface area contributed by atoms with Crippen LogP contribution in [0.25, 0.3) is 0 Å². The van der Waals surface area contributed by atoms with Gasteiger partial charge in [0.2, 0.25) is 0 Å². The highest BCUT2D eigenvalue weighted by Gasteiger charge is 2.31. The fourth-order valence-electron chi connectivity index (χ4n) is 3.02. The highest BCUT2D eigenvalue weighted by Crippen LogP contribution is 2.31. The third-order valence-electron chi connectivity index (χ3n) is 4.27. The van der Waals surface area contributed by atoms with Gasteiger partial charge in [0.15, 0.2) is 0 Å². The van der Waals surface area contributed by atoms with E-state index >= 15 is 0 Å². The van der Waals surface area contributed by atoms with Gasteiger partial charge >= 0.3 is 0 Å². The molecule has 1 unspecified atom stereocenters. The largest absolute Gasteiger partial charge is 0.384 e. The van der Waals surface area contributed by atoms with Crippen molar-refractivity contribution in [3.05, 3.63) is 35.9 Å². The fourth-order valence-corrected chi connectivity index (χ4v) is 3.02. The Morgan fingerprint density at radius 1 is 1.21 bits per heavy atom. The van der Waals surface area contributed by atoms with Crippen molar-refractivity contribution >= 4 is 0 Å². The molecule has 3 nitrogen and oxygen atoms in total. The first-order valence-electron chi connectivity index (χ1n) is 7.23. The van der Waals surface area contributed by atoms with Crippen molar-refractivity contribution in [2.24, 2.45) is 11.1 Å². The van der Waals surface area contributed by atoms with Gasteiger partial charge in [-0.25, -0.2) is 0 Å². The molecular weight excluding hydrogens is 236 g/mol. The van der Waals surface area contributed by atoms with Crippen LogP contribution in [0.1, 0.15) is 24.8 Å². The number of hydrogen-bond acceptors (Lipinski definition) is 3. The van der Waals surface area contributed by atoms with E-state index in [1.54, 1.807) is 7.11 Å². The van der Waals surface area contributed by atoms with Crippen LogP contribution in [0.4, 0.5) is 0 Å². The third-order valence-corrected chi connectivity index (χ3v) is 4.27. The van der Waals surface area contributed by atoms with Crippen molar-refractivity contribution in [3.8, 4) is 0 Å². The van der Waals surface area contributed by atoms with Gasteiger partial charge in [-0.1, -0.05) is 30.3 Å². The predicted octanol–water partition coefficient (Wildman–Crippen LogP) is 2.26. The molecule has 0 bridgehead atoms. The van der Waals surface area contributed by atoms with Gasteiger partial charge in [0.1, 0.15) is 0 Å². The second-order valence-electron chi connectivity index (χ2n) is 5.75. The number of rotatable bonds is 5. The first-order chi connectivity index (χ1) is 9.28. The Morgan fingerprint density at radius 2 is 2.00 bits per heavy atom. The molecule has 0 spiro atoms. The summed E-state index contributed by atoms with van der Waals surface area (Å²) in [6.45, 7) is 4.87. The van der Waals surface area contributed by atoms with Crippen LogP contribution in [0.2, 0.25) is 0 Å². The van der Waals surface area contributed by atoms with Crippen LogP contribution < -0.4 is 5.73 Å². The Morgan fingerprint density at radius 3 is 2.68 bits per heavy atom. The average molecular weight is 262 g/mol. The Bertz CT molecular complexity index is 368. The first kappa shape index (κ1) is 14.5. The van der Waals surface area contributed by atoms with E-state index in [-0.39, 0.29) is 5.41 Å². The van der Waals surface area contributed by atoms with Crippen molar-refractivity contribution in [2.75, 3.05) is 33.4 Å². The van der Waals surface area contributed by atoms with Crippen LogP contribution >= 0.6 is 0 Å². The van der Waals surface area contributed by atoms with E-state index in [9.17, 15) is 0 Å². The Hall–Kier alpha value is -0.900. The van der Waals surface area contributed by atoms with Crippen LogP contribution in [-0.2, 0) is 11.3 Å². The van der Waals surface area contributed by atoms with E-state index in [0.29, 0.717) is 0 Å². The van der Waals surface area contributed by atoms with Crippen molar-refractivity contribution < 1.29 is 4.74 Å². The van der Waals surface area contributed by atoms with E-state index in [4.69, 9.17) is 10.5 Å². The lowest BCUT2D eigenvalue weighted by Crippen LogP contribution is -2.36. The predicted molar refractivity (Wildman–Crippen MR) is 78.9 cm³/mol. The van der Waals surface area contributed by atoms with Gasteiger partial charge in [0.05, 0.1) is 6.61 Å². The van der Waals surface area contributed by atoms with Crippen LogP contribution in [0.5, 0.6) is 0 Å². The molecule has 0 saturated carbocycles. The molecule has 3 heteroatoms. The molecular formula is C16H26N2O. The summed E-state index contributed by atoms with van der Waals surface area (Å²) in [6.07, 6.45) is 3.54. The van der Waals surface area contributed by atoms with Crippen molar-refractivity contribution in [1.29, 1.82) is 0 Å². The quantitative estimate of drug-likeness (QED) is 0.884. The van der Waals surface area contributed by atoms with Gasteiger partial charge in [-0.05, 0) is 37.9 Å². The lowest BCUT2D eigenvalue weighted by molar-refractivity contribution is 0.0724. The Kier molecular flexibility index (Phi) is 5.37. The molecule has 2 N–H and O–H groups in total. The SMILES string of the molecule is COCC1(CN)CCCN(Cc2ccccc2)CC1. The molecule has 0 aromatic heterocycles. The average Bonchev–Trinajstić information content (AvgIpc) is 2.64. The monoisotopic (exact) mass is 262 g/mol. The number of methoxy groups -OCH3 is 1. The molecule has 1 saturated heterocycles. The summed E-state index contributed by atoms with van der Waals surface area (Å²) in [5, 5.41) is 0. The van der Waals surface area contributed by atoms with E-state index in [1.807, 2.05) is 0 Å². The molecule has 2 rings (SSSR count). The zero-order valence-corrected chi connectivity index (χ0v) is 12.0. The molecule has 1 fully saturated rings. The topological polar surface area (TPSA) is 38.5 Å². The summed E-state index contributed by atoms with van der Waals surface area (Å²) in [4.78, 5) is 2.54. The maximum atomic E-state index is 5.99. The minimum Gasteiger partial charge on any atom is -0.384 e. The highest BCUT2D eigenvalue weighted by atomic mass is 16.5. The van der Waals surface area contributed by atoms with Crippen LogP contribution in [0.3, 0.4) is 0 Å². The van der Waals surface area contributed by atoms with E-state index in [1.165, 1.54) is 24.9 Å². The summed E-state index contributed by atoms with van der Waals surface area (Å²) in [5.74, 6) is 0. The minimum atomic E-state index is 0.195. The highest BCUT2D eigenvalue weighted by molar-refractivity contribution is 5.14. The molecule has 1 aliphatic heterocycles. The van der Waals surface area contributed by atoms with Gasteiger partial charge in [-0.2, -0.15) is 0 Å². The summed E-state index contributed by atoms with van der Waals surface area (Å²) in [7, 11) is 1.78. The number of benzene rings is 1. The molecule has 106 valence electrons. The van der Waals surface area contributed by atoms with Crippen LogP contribution in [0.15, 0.2) is 30.3 Å². The van der Waals surface area contributed by atoms with E-state index in [0.717, 1.165) is 32.7 Å². The van der Waals surface area contributed by atoms with Gasteiger partial charge in [-0.3, -0.25) is 4.90 Å². The van der Waals surface area contributed by atoms with Crippen LogP contribution in [-0.4, -0.2) is 38.3 Å². The lowest BCUT2D eigenvalue weighted by atomic mass is 9.81. The molecule has 0 amide bonds. The molecule has 0 radical (unpaired) electrons. The third kappa shape index (κ3) is 4.03. The molecule has 19 heavy (non-hydrogen) atoms. The smallest absolute Gasteiger partial charge is 0.0531 e. The number of ether oxygens (including phenoxy) is 1. The van der Waals surface area contributed by atoms with Gasteiger partial charge in [0, 0.05) is 25.6 Å². The maximum Gasteiger partial charge on any atom is 0.0531 e. The van der Waals surface area contributed by atoms with Crippen molar-refractivity contribution in [3.63, 3.8) is 0 Å². The van der Waals surface area contributed by atoms with Crippen molar-refractivity contribution in [1.82, 2.24) is 4.90 Å². The van der Waals surface area contributed by atoms with Gasteiger partial charge in [0.25, 0.3) is 0 Å². The maximum absolute atomic E-state index is 5.99. The molecule has 1 atom stereocenters. The summed E-state index contributed by atoms with van der Waals surface area (Å²) < 4.78 is 5.39. The summed E-state index contributed by atoms with van der Waals surface area (Å²) in [5.41, 5.74) is 7.59. The fraction of sp³-hybridized carbons (Fsp3) is 0.625. The Balaban J connectivity index is 1.93. The van der Waals surface area contributed by atoms with Crippen molar-refractivity contribution in [2.45, 2.75) is 25.8 Å². The van der Waals surface area contributed by atoms with Gasteiger partial charge < -0.3 is 10.5 Å². The molecule has 1 aliphatic rings. The van der Waals surface area contributed by atoms with E-state index < -0.39 is 0 Å². The normalized spacial score (nSPS) is 25.2. The number of likely N-dealkylation sites (tertiary alicyclic amines) is 1. The standard InChI is InChI=1S/C16H26N2O/c1-19-14-16(13-17)8-5-10-18(11-9-16)12-15-6-3-2-4-7-15/h2-4,6-7H,5,8-14,17H2,1H3. The number of nitrogens with two attached hydrogens (primary N) is 1. The minimum absolute atomic E-state index is 0.195. The van der Waals surface area contributed by atoms with Gasteiger partial charge in [-0.15, -0.1) is 0 Å². The summed E-state index contributed by atoms with van der Waals surface area (Å²) in [6, 6.07) is 10.7. The molecule has 1 heterocycles. The second-order valence-corrected chi connectivity index (χ2v) is 5.75.